The molecule has 9 nitrogen and oxygen atoms in total. The second kappa shape index (κ2) is 8.03. The minimum atomic E-state index is -0.459. The SMILES string of the molecule is Cc1ccc(NC(=O)Cn2nc3n(C[C@H]4CCCO4)c(=O)c4sccc4n3c2=O)cc1C. The van der Waals surface area contributed by atoms with Crippen molar-refractivity contribution in [2.75, 3.05) is 11.9 Å². The number of carbonyl (C=O) groups excluding carboxylic acids is 1. The highest BCUT2D eigenvalue weighted by Crippen LogP contribution is 2.20. The Morgan fingerprint density at radius 2 is 2.09 bits per heavy atom. The third kappa shape index (κ3) is 3.55. The van der Waals surface area contributed by atoms with Gasteiger partial charge in [-0.15, -0.1) is 16.4 Å². The van der Waals surface area contributed by atoms with Crippen LogP contribution in [0.1, 0.15) is 24.0 Å². The fraction of sp³-hybridized carbons (Fsp3) is 0.364. The van der Waals surface area contributed by atoms with Crippen LogP contribution in [-0.2, 0) is 22.6 Å². The van der Waals surface area contributed by atoms with Gasteiger partial charge in [-0.3, -0.25) is 14.2 Å². The van der Waals surface area contributed by atoms with Gasteiger partial charge in [-0.1, -0.05) is 6.07 Å². The van der Waals surface area contributed by atoms with Crippen LogP contribution in [-0.4, -0.2) is 37.4 Å². The van der Waals surface area contributed by atoms with E-state index in [1.807, 2.05) is 32.0 Å². The van der Waals surface area contributed by atoms with E-state index in [0.717, 1.165) is 28.7 Å². The summed E-state index contributed by atoms with van der Waals surface area (Å²) in [7, 11) is 0. The standard InChI is InChI=1S/C22H23N5O4S/c1-13-5-6-15(10-14(13)2)23-18(28)12-26-22(30)27-17-7-9-32-19(17)20(29)25(21(27)24-26)11-16-4-3-8-31-16/h5-7,9-10,16H,3-4,8,11-12H2,1-2H3,(H,23,28)/t16-/m1/s1. The molecule has 0 spiro atoms. The number of benzene rings is 1. The Hall–Kier alpha value is -3.24. The van der Waals surface area contributed by atoms with E-state index in [1.54, 1.807) is 11.4 Å². The van der Waals surface area contributed by atoms with Gasteiger partial charge in [0.25, 0.3) is 5.56 Å². The second-order valence-corrected chi connectivity index (χ2v) is 9.02. The molecule has 0 saturated carbocycles. The van der Waals surface area contributed by atoms with Crippen molar-refractivity contribution in [3.8, 4) is 0 Å². The van der Waals surface area contributed by atoms with Gasteiger partial charge >= 0.3 is 5.69 Å². The summed E-state index contributed by atoms with van der Waals surface area (Å²) >= 11 is 1.29. The van der Waals surface area contributed by atoms with E-state index >= 15 is 0 Å². The lowest BCUT2D eigenvalue weighted by molar-refractivity contribution is -0.117. The number of aromatic nitrogens is 4. The lowest BCUT2D eigenvalue weighted by Crippen LogP contribution is -2.30. The van der Waals surface area contributed by atoms with Crippen LogP contribution in [0.5, 0.6) is 0 Å². The van der Waals surface area contributed by atoms with Crippen molar-refractivity contribution in [1.82, 2.24) is 18.7 Å². The fourth-order valence-corrected chi connectivity index (χ4v) is 4.87. The first-order valence-corrected chi connectivity index (χ1v) is 11.4. The molecule has 1 N–H and O–H groups in total. The van der Waals surface area contributed by atoms with Gasteiger partial charge in [-0.25, -0.2) is 13.9 Å². The quantitative estimate of drug-likeness (QED) is 0.500. The van der Waals surface area contributed by atoms with E-state index in [2.05, 4.69) is 10.4 Å². The number of aryl methyl sites for hydroxylation is 2. The molecule has 4 aromatic rings. The Kier molecular flexibility index (Phi) is 5.18. The van der Waals surface area contributed by atoms with Gasteiger partial charge < -0.3 is 10.1 Å². The van der Waals surface area contributed by atoms with Crippen LogP contribution in [0, 0.1) is 13.8 Å². The summed E-state index contributed by atoms with van der Waals surface area (Å²) in [5.74, 6) is -0.145. The molecule has 1 saturated heterocycles. The number of amides is 1. The maximum atomic E-state index is 13.2. The van der Waals surface area contributed by atoms with E-state index in [4.69, 9.17) is 4.74 Å². The summed E-state index contributed by atoms with van der Waals surface area (Å²) in [5, 5.41) is 8.96. The Bertz CT molecular complexity index is 1460. The van der Waals surface area contributed by atoms with Gasteiger partial charge in [0.15, 0.2) is 0 Å². The van der Waals surface area contributed by atoms with Crippen LogP contribution in [0.2, 0.25) is 0 Å². The number of carbonyl (C=O) groups is 1. The van der Waals surface area contributed by atoms with Gasteiger partial charge in [0.05, 0.1) is 18.2 Å². The molecule has 10 heteroatoms. The van der Waals surface area contributed by atoms with Crippen molar-refractivity contribution >= 4 is 38.9 Å². The minimum absolute atomic E-state index is 0.0951. The summed E-state index contributed by atoms with van der Waals surface area (Å²) in [4.78, 5) is 38.9. The number of nitrogens with zero attached hydrogens (tertiary/aromatic N) is 4. The topological polar surface area (TPSA) is 99.6 Å². The van der Waals surface area contributed by atoms with Crippen LogP contribution in [0.25, 0.3) is 16.0 Å². The molecule has 0 aliphatic carbocycles. The molecule has 1 amide bonds. The summed E-state index contributed by atoms with van der Waals surface area (Å²) < 4.78 is 10.2. The van der Waals surface area contributed by atoms with Crippen molar-refractivity contribution in [1.29, 1.82) is 0 Å². The number of hydrogen-bond donors (Lipinski definition) is 1. The Labute approximate surface area is 186 Å². The Morgan fingerprint density at radius 1 is 1.25 bits per heavy atom. The number of ether oxygens (including phenoxy) is 1. The highest BCUT2D eigenvalue weighted by atomic mass is 32.1. The fourth-order valence-electron chi connectivity index (χ4n) is 4.05. The third-order valence-electron chi connectivity index (χ3n) is 5.88. The zero-order chi connectivity index (χ0) is 22.4. The van der Waals surface area contributed by atoms with Crippen molar-refractivity contribution < 1.29 is 9.53 Å². The molecule has 166 valence electrons. The molecular weight excluding hydrogens is 430 g/mol. The van der Waals surface area contributed by atoms with Gasteiger partial charge in [-0.05, 0) is 61.4 Å². The van der Waals surface area contributed by atoms with E-state index in [-0.39, 0.29) is 29.9 Å². The predicted octanol–water partition coefficient (Wildman–Crippen LogP) is 2.31. The molecule has 0 bridgehead atoms. The van der Waals surface area contributed by atoms with E-state index in [1.165, 1.54) is 20.3 Å². The minimum Gasteiger partial charge on any atom is -0.376 e. The molecular formula is C22H23N5O4S. The third-order valence-corrected chi connectivity index (χ3v) is 6.77. The number of thiophene rings is 1. The molecule has 3 aromatic heterocycles. The summed E-state index contributed by atoms with van der Waals surface area (Å²) in [6.07, 6.45) is 1.70. The molecule has 32 heavy (non-hydrogen) atoms. The normalized spacial score (nSPS) is 16.2. The molecule has 5 rings (SSSR count). The average molecular weight is 454 g/mol. The number of nitrogens with one attached hydrogen (secondary N) is 1. The molecule has 1 aromatic carbocycles. The number of rotatable bonds is 5. The van der Waals surface area contributed by atoms with Gasteiger partial charge in [0.2, 0.25) is 11.7 Å². The lowest BCUT2D eigenvalue weighted by Gasteiger charge is -2.12. The van der Waals surface area contributed by atoms with Crippen molar-refractivity contribution in [2.45, 2.75) is 45.9 Å². The summed E-state index contributed by atoms with van der Waals surface area (Å²) in [6, 6.07) is 7.36. The first-order chi connectivity index (χ1) is 15.4. The number of anilines is 1. The van der Waals surface area contributed by atoms with Crippen molar-refractivity contribution in [3.05, 3.63) is 61.6 Å². The van der Waals surface area contributed by atoms with Crippen LogP contribution in [0.4, 0.5) is 5.69 Å². The lowest BCUT2D eigenvalue weighted by atomic mass is 10.1. The highest BCUT2D eigenvalue weighted by Gasteiger charge is 2.23. The zero-order valence-electron chi connectivity index (χ0n) is 17.8. The smallest absolute Gasteiger partial charge is 0.352 e. The molecule has 1 aliphatic rings. The zero-order valence-corrected chi connectivity index (χ0v) is 18.6. The van der Waals surface area contributed by atoms with E-state index in [0.29, 0.717) is 29.1 Å². The van der Waals surface area contributed by atoms with Crippen LogP contribution >= 0.6 is 11.3 Å². The maximum absolute atomic E-state index is 13.2. The summed E-state index contributed by atoms with van der Waals surface area (Å²) in [5.41, 5.74) is 2.69. The van der Waals surface area contributed by atoms with Crippen LogP contribution < -0.4 is 16.6 Å². The first-order valence-electron chi connectivity index (χ1n) is 10.5. The molecule has 4 heterocycles. The van der Waals surface area contributed by atoms with Gasteiger partial charge in [0, 0.05) is 12.3 Å². The largest absolute Gasteiger partial charge is 0.376 e. The van der Waals surface area contributed by atoms with Crippen molar-refractivity contribution in [2.24, 2.45) is 0 Å². The van der Waals surface area contributed by atoms with Crippen molar-refractivity contribution in [3.63, 3.8) is 0 Å². The Morgan fingerprint density at radius 3 is 2.84 bits per heavy atom. The van der Waals surface area contributed by atoms with Crippen LogP contribution in [0.3, 0.4) is 0 Å². The first kappa shape index (κ1) is 20.7. The van der Waals surface area contributed by atoms with E-state index < -0.39 is 5.69 Å². The molecule has 0 radical (unpaired) electrons. The van der Waals surface area contributed by atoms with Gasteiger partial charge in [-0.2, -0.15) is 0 Å². The monoisotopic (exact) mass is 453 g/mol. The maximum Gasteiger partial charge on any atom is 0.352 e. The van der Waals surface area contributed by atoms with Gasteiger partial charge in [0.1, 0.15) is 11.2 Å². The van der Waals surface area contributed by atoms with E-state index in [9.17, 15) is 14.4 Å². The second-order valence-electron chi connectivity index (χ2n) is 8.11. The average Bonchev–Trinajstić information content (AvgIpc) is 3.49. The number of fused-ring (bicyclic) bond motifs is 3. The highest BCUT2D eigenvalue weighted by molar-refractivity contribution is 7.17. The van der Waals surface area contributed by atoms with Crippen LogP contribution in [0.15, 0.2) is 39.2 Å². The Balaban J connectivity index is 1.53. The molecule has 0 unspecified atom stereocenters. The predicted molar refractivity (Wildman–Crippen MR) is 123 cm³/mol. The molecule has 1 fully saturated rings. The molecule has 1 atom stereocenters. The number of hydrogen-bond acceptors (Lipinski definition) is 6. The molecule has 1 aliphatic heterocycles. The summed E-state index contributed by atoms with van der Waals surface area (Å²) in [6.45, 7) is 4.70.